The number of hydrogen-bond donors (Lipinski definition) is 1. The zero-order valence-electron chi connectivity index (χ0n) is 13.6. The average Bonchev–Trinajstić information content (AvgIpc) is 2.43. The maximum atomic E-state index is 5.57. The van der Waals surface area contributed by atoms with Gasteiger partial charge in [-0.05, 0) is 18.9 Å². The van der Waals surface area contributed by atoms with Gasteiger partial charge in [0, 0.05) is 0 Å². The summed E-state index contributed by atoms with van der Waals surface area (Å²) in [6.07, 6.45) is 22.6. The molecule has 0 bridgehead atoms. The second-order valence-corrected chi connectivity index (χ2v) is 6.41. The van der Waals surface area contributed by atoms with Gasteiger partial charge in [0.1, 0.15) is 0 Å². The normalized spacial score (nSPS) is 12.0. The van der Waals surface area contributed by atoms with Gasteiger partial charge in [-0.2, -0.15) is 0 Å². The minimum Gasteiger partial charge on any atom is -0.390 e. The monoisotopic (exact) mass is 301 g/mol. The van der Waals surface area contributed by atoms with E-state index in [0.29, 0.717) is 5.16 Å². The summed E-state index contributed by atoms with van der Waals surface area (Å²) >= 11 is 5.57. The maximum Gasteiger partial charge on any atom is 0.0951 e. The first-order valence-corrected chi connectivity index (χ1v) is 9.26. The van der Waals surface area contributed by atoms with Gasteiger partial charge in [0.2, 0.25) is 0 Å². The van der Waals surface area contributed by atoms with Crippen molar-refractivity contribution in [3.8, 4) is 0 Å². The Balaban J connectivity index is 2.97. The molecule has 0 unspecified atom stereocenters. The van der Waals surface area contributed by atoms with E-state index in [4.69, 9.17) is 17.3 Å². The summed E-state index contributed by atoms with van der Waals surface area (Å²) in [7, 11) is 0. The Bertz CT molecular complexity index is 209. The van der Waals surface area contributed by atoms with Crippen molar-refractivity contribution < 1.29 is 0 Å². The predicted molar refractivity (Wildman–Crippen MR) is 93.1 cm³/mol. The Morgan fingerprint density at radius 2 is 1.05 bits per heavy atom. The number of halogens is 1. The molecule has 0 saturated heterocycles. The van der Waals surface area contributed by atoms with Crippen molar-refractivity contribution in [2.45, 2.75) is 103 Å². The molecule has 0 heterocycles. The molecule has 0 rings (SSSR count). The molecule has 0 saturated carbocycles. The van der Waals surface area contributed by atoms with Crippen molar-refractivity contribution in [3.05, 3.63) is 11.2 Å². The third-order valence-corrected chi connectivity index (χ3v) is 4.05. The molecule has 2 heteroatoms. The lowest BCUT2D eigenvalue weighted by atomic mass is 10.0. The first-order valence-electron chi connectivity index (χ1n) is 8.88. The molecule has 120 valence electrons. The Hall–Kier alpha value is -0.170. The van der Waals surface area contributed by atoms with E-state index in [2.05, 4.69) is 6.92 Å². The molecule has 0 aliphatic carbocycles. The van der Waals surface area contributed by atoms with Crippen LogP contribution >= 0.6 is 11.6 Å². The van der Waals surface area contributed by atoms with Crippen molar-refractivity contribution in [3.63, 3.8) is 0 Å². The van der Waals surface area contributed by atoms with Crippen LogP contribution in [-0.4, -0.2) is 0 Å². The van der Waals surface area contributed by atoms with Gasteiger partial charge in [0.05, 0.1) is 5.16 Å². The quantitative estimate of drug-likeness (QED) is 0.258. The minimum absolute atomic E-state index is 0.444. The van der Waals surface area contributed by atoms with Crippen LogP contribution in [0.15, 0.2) is 11.2 Å². The summed E-state index contributed by atoms with van der Waals surface area (Å²) in [4.78, 5) is 0. The molecule has 0 aliphatic rings. The molecule has 0 atom stereocenters. The van der Waals surface area contributed by atoms with Crippen LogP contribution in [0.25, 0.3) is 0 Å². The first kappa shape index (κ1) is 19.8. The van der Waals surface area contributed by atoms with Crippen LogP contribution in [0, 0.1) is 0 Å². The third-order valence-electron chi connectivity index (χ3n) is 3.90. The fraction of sp³-hybridized carbons (Fsp3) is 0.889. The van der Waals surface area contributed by atoms with Crippen LogP contribution in [-0.2, 0) is 0 Å². The molecule has 0 amide bonds. The van der Waals surface area contributed by atoms with E-state index in [9.17, 15) is 0 Å². The van der Waals surface area contributed by atoms with Crippen molar-refractivity contribution in [2.24, 2.45) is 5.73 Å². The van der Waals surface area contributed by atoms with E-state index in [1.54, 1.807) is 0 Å². The van der Waals surface area contributed by atoms with E-state index < -0.39 is 0 Å². The maximum absolute atomic E-state index is 5.57. The number of hydrogen-bond acceptors (Lipinski definition) is 1. The zero-order valence-corrected chi connectivity index (χ0v) is 14.4. The number of allylic oxidation sites excluding steroid dienone is 1. The highest BCUT2D eigenvalue weighted by Gasteiger charge is 1.93. The average molecular weight is 302 g/mol. The van der Waals surface area contributed by atoms with E-state index in [1.807, 2.05) is 6.08 Å². The highest BCUT2D eigenvalue weighted by Crippen LogP contribution is 2.13. The van der Waals surface area contributed by atoms with Crippen LogP contribution in [0.5, 0.6) is 0 Å². The molecule has 0 aromatic carbocycles. The highest BCUT2D eigenvalue weighted by molar-refractivity contribution is 6.28. The van der Waals surface area contributed by atoms with Crippen molar-refractivity contribution in [1.29, 1.82) is 0 Å². The van der Waals surface area contributed by atoms with Gasteiger partial charge in [0.25, 0.3) is 0 Å². The van der Waals surface area contributed by atoms with Crippen molar-refractivity contribution in [1.82, 2.24) is 0 Å². The molecular weight excluding hydrogens is 266 g/mol. The minimum atomic E-state index is 0.444. The third kappa shape index (κ3) is 17.8. The lowest BCUT2D eigenvalue weighted by molar-refractivity contribution is 0.536. The zero-order chi connectivity index (χ0) is 14.9. The van der Waals surface area contributed by atoms with Crippen LogP contribution in [0.3, 0.4) is 0 Å². The molecule has 0 aliphatic heterocycles. The van der Waals surface area contributed by atoms with Crippen LogP contribution in [0.1, 0.15) is 103 Å². The molecule has 0 spiro atoms. The summed E-state index contributed by atoms with van der Waals surface area (Å²) in [5.41, 5.74) is 5.37. The number of unbranched alkanes of at least 4 members (excludes halogenated alkanes) is 14. The van der Waals surface area contributed by atoms with Crippen molar-refractivity contribution in [2.75, 3.05) is 0 Å². The fourth-order valence-electron chi connectivity index (χ4n) is 2.58. The van der Waals surface area contributed by atoms with Gasteiger partial charge in [-0.25, -0.2) is 0 Å². The molecule has 0 fully saturated rings. The van der Waals surface area contributed by atoms with E-state index in [-0.39, 0.29) is 0 Å². The van der Waals surface area contributed by atoms with Gasteiger partial charge in [-0.1, -0.05) is 102 Å². The summed E-state index contributed by atoms with van der Waals surface area (Å²) in [5.74, 6) is 0. The summed E-state index contributed by atoms with van der Waals surface area (Å²) < 4.78 is 0. The lowest BCUT2D eigenvalue weighted by Gasteiger charge is -2.02. The van der Waals surface area contributed by atoms with Gasteiger partial charge in [0.15, 0.2) is 0 Å². The number of nitrogens with two attached hydrogens (primary N) is 1. The topological polar surface area (TPSA) is 26.0 Å². The Labute approximate surface area is 132 Å². The number of rotatable bonds is 15. The molecule has 20 heavy (non-hydrogen) atoms. The lowest BCUT2D eigenvalue weighted by Crippen LogP contribution is -1.86. The van der Waals surface area contributed by atoms with E-state index in [1.165, 1.54) is 89.9 Å². The van der Waals surface area contributed by atoms with Gasteiger partial charge >= 0.3 is 0 Å². The van der Waals surface area contributed by atoms with Crippen LogP contribution < -0.4 is 5.73 Å². The molecular formula is C18H36ClN. The molecule has 0 aromatic heterocycles. The second-order valence-electron chi connectivity index (χ2n) is 5.97. The molecule has 1 nitrogen and oxygen atoms in total. The second kappa shape index (κ2) is 16.9. The molecule has 2 N–H and O–H groups in total. The highest BCUT2D eigenvalue weighted by atomic mass is 35.5. The molecule has 0 radical (unpaired) electrons. The Kier molecular flexibility index (Phi) is 16.7. The van der Waals surface area contributed by atoms with Gasteiger partial charge < -0.3 is 5.73 Å². The van der Waals surface area contributed by atoms with Crippen LogP contribution in [0.2, 0.25) is 0 Å². The Morgan fingerprint density at radius 3 is 1.40 bits per heavy atom. The van der Waals surface area contributed by atoms with E-state index in [0.717, 1.165) is 6.42 Å². The summed E-state index contributed by atoms with van der Waals surface area (Å²) in [5, 5.41) is 0.444. The summed E-state index contributed by atoms with van der Waals surface area (Å²) in [6, 6.07) is 0. The van der Waals surface area contributed by atoms with Crippen LogP contribution in [0.4, 0.5) is 0 Å². The summed E-state index contributed by atoms with van der Waals surface area (Å²) in [6.45, 7) is 2.28. The standard InChI is InChI=1S/C18H36ClN/c1-2-3-4-5-6-7-8-9-10-11-12-13-14-15-16-17-18(19)20/h17H,2-16,20H2,1H3. The molecule has 0 aromatic rings. The van der Waals surface area contributed by atoms with E-state index >= 15 is 0 Å². The first-order chi connectivity index (χ1) is 9.77. The Morgan fingerprint density at radius 1 is 0.700 bits per heavy atom. The largest absolute Gasteiger partial charge is 0.390 e. The van der Waals surface area contributed by atoms with Gasteiger partial charge in [-0.3, -0.25) is 0 Å². The SMILES string of the molecule is CCCCCCCCCCCCCCCCC=C(N)Cl. The smallest absolute Gasteiger partial charge is 0.0951 e. The van der Waals surface area contributed by atoms with Crippen molar-refractivity contribution >= 4 is 11.6 Å². The fourth-order valence-corrected chi connectivity index (χ4v) is 2.69. The predicted octanol–water partition coefficient (Wildman–Crippen LogP) is 6.90. The van der Waals surface area contributed by atoms with Gasteiger partial charge in [-0.15, -0.1) is 0 Å².